The third-order valence-corrected chi connectivity index (χ3v) is 5.94. The number of aromatic nitrogens is 4. The van der Waals surface area contributed by atoms with E-state index in [1.807, 2.05) is 19.3 Å². The lowest BCUT2D eigenvalue weighted by Gasteiger charge is -2.41. The number of nitriles is 1. The number of amides is 1. The highest BCUT2D eigenvalue weighted by atomic mass is 16.2. The SMILES string of the molecule is Cn1cc(Nc2nccc(N3CC4CCC(C3)N4C(=O)[C@H]3C[C@H]3C#N)n2)cn1. The van der Waals surface area contributed by atoms with E-state index in [1.54, 1.807) is 17.1 Å². The van der Waals surface area contributed by atoms with Gasteiger partial charge >= 0.3 is 0 Å². The Kier molecular flexibility index (Phi) is 3.93. The molecule has 0 radical (unpaired) electrons. The van der Waals surface area contributed by atoms with E-state index < -0.39 is 0 Å². The van der Waals surface area contributed by atoms with Crippen molar-refractivity contribution in [2.24, 2.45) is 18.9 Å². The molecule has 2 aromatic rings. The molecule has 9 nitrogen and oxygen atoms in total. The second-order valence-corrected chi connectivity index (χ2v) is 7.88. The van der Waals surface area contributed by atoms with Crippen LogP contribution in [0.15, 0.2) is 24.7 Å². The zero-order valence-corrected chi connectivity index (χ0v) is 15.7. The van der Waals surface area contributed by atoms with Crippen molar-refractivity contribution in [1.82, 2.24) is 24.6 Å². The van der Waals surface area contributed by atoms with Crippen LogP contribution in [0.3, 0.4) is 0 Å². The Morgan fingerprint density at radius 1 is 1.32 bits per heavy atom. The van der Waals surface area contributed by atoms with Crippen LogP contribution < -0.4 is 10.2 Å². The highest BCUT2D eigenvalue weighted by Gasteiger charge is 2.51. The molecule has 2 aliphatic heterocycles. The molecule has 0 spiro atoms. The number of rotatable bonds is 4. The summed E-state index contributed by atoms with van der Waals surface area (Å²) in [7, 11) is 1.86. The molecule has 28 heavy (non-hydrogen) atoms. The van der Waals surface area contributed by atoms with E-state index in [-0.39, 0.29) is 29.8 Å². The number of nitrogens with one attached hydrogen (secondary N) is 1. The minimum Gasteiger partial charge on any atom is -0.352 e. The number of hydrogen-bond acceptors (Lipinski definition) is 7. The molecule has 144 valence electrons. The third kappa shape index (κ3) is 2.95. The van der Waals surface area contributed by atoms with Crippen molar-refractivity contribution >= 4 is 23.4 Å². The maximum atomic E-state index is 12.8. The van der Waals surface area contributed by atoms with Crippen LogP contribution in [0.4, 0.5) is 17.5 Å². The summed E-state index contributed by atoms with van der Waals surface area (Å²) in [5.41, 5.74) is 0.839. The molecule has 1 N–H and O–H groups in total. The van der Waals surface area contributed by atoms with Crippen molar-refractivity contribution in [1.29, 1.82) is 5.26 Å². The summed E-state index contributed by atoms with van der Waals surface area (Å²) < 4.78 is 1.72. The van der Waals surface area contributed by atoms with Gasteiger partial charge in [-0.1, -0.05) is 0 Å². The minimum absolute atomic E-state index is 0.0750. The number of carbonyl (C=O) groups is 1. The Morgan fingerprint density at radius 2 is 2.11 bits per heavy atom. The molecular formula is C19H22N8O. The van der Waals surface area contributed by atoms with Gasteiger partial charge < -0.3 is 15.1 Å². The van der Waals surface area contributed by atoms with Crippen molar-refractivity contribution in [2.45, 2.75) is 31.3 Å². The number of fused-ring (bicyclic) bond motifs is 2. The average molecular weight is 378 g/mol. The monoisotopic (exact) mass is 378 g/mol. The molecule has 1 saturated carbocycles. The maximum Gasteiger partial charge on any atom is 0.229 e. The highest BCUT2D eigenvalue weighted by Crippen LogP contribution is 2.43. The lowest BCUT2D eigenvalue weighted by Crippen LogP contribution is -2.56. The number of carbonyl (C=O) groups excluding carboxylic acids is 1. The molecular weight excluding hydrogens is 356 g/mol. The van der Waals surface area contributed by atoms with Gasteiger partial charge in [-0.15, -0.1) is 0 Å². The van der Waals surface area contributed by atoms with Crippen LogP contribution in [0, 0.1) is 23.2 Å². The molecule has 0 aromatic carbocycles. The molecule has 2 saturated heterocycles. The molecule has 3 fully saturated rings. The fraction of sp³-hybridized carbons (Fsp3) is 0.526. The van der Waals surface area contributed by atoms with Gasteiger partial charge in [0.05, 0.1) is 29.8 Å². The summed E-state index contributed by atoms with van der Waals surface area (Å²) >= 11 is 0. The first-order chi connectivity index (χ1) is 13.6. The number of piperazine rings is 1. The Balaban J connectivity index is 1.29. The van der Waals surface area contributed by atoms with E-state index >= 15 is 0 Å². The summed E-state index contributed by atoms with van der Waals surface area (Å²) in [5, 5.41) is 16.4. The van der Waals surface area contributed by atoms with Crippen LogP contribution >= 0.6 is 0 Å². The predicted molar refractivity (Wildman–Crippen MR) is 102 cm³/mol. The fourth-order valence-corrected chi connectivity index (χ4v) is 4.45. The van der Waals surface area contributed by atoms with Crippen LogP contribution in [0.2, 0.25) is 0 Å². The van der Waals surface area contributed by atoms with E-state index in [9.17, 15) is 4.79 Å². The van der Waals surface area contributed by atoms with Crippen molar-refractivity contribution in [3.05, 3.63) is 24.7 Å². The topological polar surface area (TPSA) is 103 Å². The van der Waals surface area contributed by atoms with Gasteiger partial charge in [-0.05, 0) is 25.3 Å². The van der Waals surface area contributed by atoms with Crippen LogP contribution in [0.1, 0.15) is 19.3 Å². The first kappa shape index (κ1) is 17.0. The molecule has 2 unspecified atom stereocenters. The zero-order valence-electron chi connectivity index (χ0n) is 15.7. The lowest BCUT2D eigenvalue weighted by atomic mass is 10.1. The molecule has 2 bridgehead atoms. The second-order valence-electron chi connectivity index (χ2n) is 7.88. The summed E-state index contributed by atoms with van der Waals surface area (Å²) in [6.45, 7) is 1.55. The lowest BCUT2D eigenvalue weighted by molar-refractivity contribution is -0.136. The first-order valence-corrected chi connectivity index (χ1v) is 9.68. The molecule has 1 amide bonds. The van der Waals surface area contributed by atoms with Gasteiger partial charge in [0.2, 0.25) is 11.9 Å². The number of aryl methyl sites for hydroxylation is 1. The highest BCUT2D eigenvalue weighted by molar-refractivity contribution is 5.83. The number of nitrogens with zero attached hydrogens (tertiary/aromatic N) is 7. The Hall–Kier alpha value is -3.15. The maximum absolute atomic E-state index is 12.8. The Bertz CT molecular complexity index is 935. The summed E-state index contributed by atoms with van der Waals surface area (Å²) in [6.07, 6.45) is 8.11. The molecule has 3 aliphatic rings. The fourth-order valence-electron chi connectivity index (χ4n) is 4.45. The predicted octanol–water partition coefficient (Wildman–Crippen LogP) is 1.29. The van der Waals surface area contributed by atoms with Gasteiger partial charge in [0.25, 0.3) is 0 Å². The molecule has 2 aromatic heterocycles. The average Bonchev–Trinajstić information content (AvgIpc) is 3.32. The van der Waals surface area contributed by atoms with E-state index in [0.29, 0.717) is 5.95 Å². The molecule has 5 rings (SSSR count). The van der Waals surface area contributed by atoms with E-state index in [4.69, 9.17) is 5.26 Å². The number of hydrogen-bond donors (Lipinski definition) is 1. The summed E-state index contributed by atoms with van der Waals surface area (Å²) in [5.74, 6) is 1.43. The molecule has 9 heteroatoms. The van der Waals surface area contributed by atoms with Gasteiger partial charge in [-0.25, -0.2) is 4.98 Å². The smallest absolute Gasteiger partial charge is 0.229 e. The molecule has 4 atom stereocenters. The van der Waals surface area contributed by atoms with Gasteiger partial charge in [0.1, 0.15) is 5.82 Å². The quantitative estimate of drug-likeness (QED) is 0.855. The van der Waals surface area contributed by atoms with Crippen LogP contribution in [0.5, 0.6) is 0 Å². The molecule has 4 heterocycles. The van der Waals surface area contributed by atoms with Crippen LogP contribution in [-0.2, 0) is 11.8 Å². The second kappa shape index (κ2) is 6.48. The summed E-state index contributed by atoms with van der Waals surface area (Å²) in [4.78, 5) is 26.1. The third-order valence-electron chi connectivity index (χ3n) is 5.94. The molecule has 1 aliphatic carbocycles. The van der Waals surface area contributed by atoms with Crippen molar-refractivity contribution in [2.75, 3.05) is 23.3 Å². The largest absolute Gasteiger partial charge is 0.352 e. The van der Waals surface area contributed by atoms with Crippen LogP contribution in [-0.4, -0.2) is 55.7 Å². The van der Waals surface area contributed by atoms with Crippen molar-refractivity contribution in [3.63, 3.8) is 0 Å². The Labute approximate surface area is 163 Å². The van der Waals surface area contributed by atoms with E-state index in [2.05, 4.69) is 36.3 Å². The first-order valence-electron chi connectivity index (χ1n) is 9.68. The van der Waals surface area contributed by atoms with Crippen LogP contribution in [0.25, 0.3) is 0 Å². The van der Waals surface area contributed by atoms with Gasteiger partial charge in [0, 0.05) is 44.6 Å². The Morgan fingerprint density at radius 3 is 2.75 bits per heavy atom. The normalized spacial score (nSPS) is 28.1. The van der Waals surface area contributed by atoms with Gasteiger partial charge in [-0.3, -0.25) is 9.48 Å². The standard InChI is InChI=1S/C19H22N8O/c1-25-9-13(8-22-25)23-19-21-5-4-17(24-19)26-10-14-2-3-15(11-26)27(14)18(28)16-6-12(16)7-20/h4-5,8-9,12,14-16H,2-3,6,10-11H2,1H3,(H,21,23,24)/t12-,14?,15?,16-/m0/s1. The van der Waals surface area contributed by atoms with Gasteiger partial charge in [-0.2, -0.15) is 15.3 Å². The zero-order chi connectivity index (χ0) is 19.3. The van der Waals surface area contributed by atoms with E-state index in [0.717, 1.165) is 43.9 Å². The summed E-state index contributed by atoms with van der Waals surface area (Å²) in [6, 6.07) is 4.56. The van der Waals surface area contributed by atoms with E-state index in [1.165, 1.54) is 0 Å². The van der Waals surface area contributed by atoms with Crippen molar-refractivity contribution in [3.8, 4) is 6.07 Å². The van der Waals surface area contributed by atoms with Crippen molar-refractivity contribution < 1.29 is 4.79 Å². The van der Waals surface area contributed by atoms with Gasteiger partial charge in [0.15, 0.2) is 0 Å². The number of anilines is 3. The minimum atomic E-state index is -0.0760.